The number of aromatic nitrogens is 2. The molecule has 0 atom stereocenters. The highest BCUT2D eigenvalue weighted by Gasteiger charge is 2.10. The van der Waals surface area contributed by atoms with Crippen molar-refractivity contribution < 1.29 is 0 Å². The summed E-state index contributed by atoms with van der Waals surface area (Å²) in [6.07, 6.45) is 1.08. The fourth-order valence-electron chi connectivity index (χ4n) is 2.26. The number of nitrogens with zero attached hydrogens (tertiary/aromatic N) is 2. The number of hydrogen-bond acceptors (Lipinski definition) is 2. The van der Waals surface area contributed by atoms with E-state index < -0.39 is 0 Å². The first-order chi connectivity index (χ1) is 9.13. The Labute approximate surface area is 123 Å². The first-order valence-corrected chi connectivity index (χ1v) is 7.38. The monoisotopic (exact) mass is 321 g/mol. The Morgan fingerprint density at radius 1 is 1.21 bits per heavy atom. The van der Waals surface area contributed by atoms with Crippen LogP contribution in [-0.4, -0.2) is 9.78 Å². The highest BCUT2D eigenvalue weighted by Crippen LogP contribution is 2.20. The minimum absolute atomic E-state index is 0.815. The molecule has 0 aliphatic carbocycles. The van der Waals surface area contributed by atoms with Crippen LogP contribution in [0, 0.1) is 6.92 Å². The number of hydrogen-bond donors (Lipinski definition) is 1. The predicted octanol–water partition coefficient (Wildman–Crippen LogP) is 3.34. The Balaban J connectivity index is 2.00. The van der Waals surface area contributed by atoms with Gasteiger partial charge in [-0.2, -0.15) is 5.10 Å². The van der Waals surface area contributed by atoms with Crippen LogP contribution in [0.3, 0.4) is 0 Å². The van der Waals surface area contributed by atoms with Crippen molar-refractivity contribution in [3.05, 3.63) is 51.3 Å². The largest absolute Gasteiger partial charge is 0.307 e. The molecule has 0 unspecified atom stereocenters. The fourth-order valence-corrected chi connectivity index (χ4v) is 2.74. The number of benzene rings is 1. The summed E-state index contributed by atoms with van der Waals surface area (Å²) in [4.78, 5) is 0. The van der Waals surface area contributed by atoms with Gasteiger partial charge in [-0.15, -0.1) is 0 Å². The zero-order chi connectivity index (χ0) is 13.8. The van der Waals surface area contributed by atoms with Crippen LogP contribution < -0.4 is 5.32 Å². The highest BCUT2D eigenvalue weighted by molar-refractivity contribution is 9.10. The molecule has 2 aromatic rings. The molecule has 4 heteroatoms. The molecule has 1 aromatic carbocycles. The van der Waals surface area contributed by atoms with E-state index in [1.807, 2.05) is 18.7 Å². The van der Waals surface area contributed by atoms with E-state index in [-0.39, 0.29) is 0 Å². The third kappa shape index (κ3) is 3.25. The molecule has 0 aliphatic heterocycles. The van der Waals surface area contributed by atoms with Crippen LogP contribution in [0.1, 0.15) is 29.4 Å². The van der Waals surface area contributed by atoms with E-state index in [0.717, 1.165) is 29.7 Å². The molecule has 0 saturated heterocycles. The minimum atomic E-state index is 0.815. The maximum atomic E-state index is 4.40. The second-order valence-electron chi connectivity index (χ2n) is 4.70. The minimum Gasteiger partial charge on any atom is -0.307 e. The van der Waals surface area contributed by atoms with E-state index >= 15 is 0 Å². The Morgan fingerprint density at radius 2 is 1.89 bits per heavy atom. The quantitative estimate of drug-likeness (QED) is 0.915. The van der Waals surface area contributed by atoms with Gasteiger partial charge in [0.1, 0.15) is 0 Å². The maximum Gasteiger partial charge on any atom is 0.0739 e. The van der Waals surface area contributed by atoms with Gasteiger partial charge in [0.15, 0.2) is 0 Å². The molecule has 3 nitrogen and oxygen atoms in total. The standard InChI is InChI=1S/C15H20BrN3/c1-4-12-7-5-6-8-13(12)9-17-10-14-15(16)11(2)18-19(14)3/h5-8,17H,4,9-10H2,1-3H3. The second-order valence-corrected chi connectivity index (χ2v) is 5.49. The van der Waals surface area contributed by atoms with Crippen molar-refractivity contribution in [1.82, 2.24) is 15.1 Å². The van der Waals surface area contributed by atoms with Gasteiger partial charge in [-0.1, -0.05) is 31.2 Å². The smallest absolute Gasteiger partial charge is 0.0739 e. The molecule has 0 amide bonds. The molecule has 0 fully saturated rings. The van der Waals surface area contributed by atoms with Crippen LogP contribution in [0.25, 0.3) is 0 Å². The molecule has 0 aliphatic rings. The molecule has 0 bridgehead atoms. The molecule has 19 heavy (non-hydrogen) atoms. The van der Waals surface area contributed by atoms with E-state index in [1.54, 1.807) is 0 Å². The number of rotatable bonds is 5. The van der Waals surface area contributed by atoms with Crippen molar-refractivity contribution in [1.29, 1.82) is 0 Å². The maximum absolute atomic E-state index is 4.40. The molecular weight excluding hydrogens is 302 g/mol. The van der Waals surface area contributed by atoms with Crippen molar-refractivity contribution >= 4 is 15.9 Å². The third-order valence-electron chi connectivity index (χ3n) is 3.37. The van der Waals surface area contributed by atoms with Crippen LogP contribution in [0.5, 0.6) is 0 Å². The summed E-state index contributed by atoms with van der Waals surface area (Å²) in [7, 11) is 1.98. The normalized spacial score (nSPS) is 10.9. The average molecular weight is 322 g/mol. The first-order valence-electron chi connectivity index (χ1n) is 6.59. The van der Waals surface area contributed by atoms with Crippen molar-refractivity contribution in [3.8, 4) is 0 Å². The van der Waals surface area contributed by atoms with Crippen molar-refractivity contribution in [3.63, 3.8) is 0 Å². The van der Waals surface area contributed by atoms with Gasteiger partial charge in [-0.25, -0.2) is 0 Å². The van der Waals surface area contributed by atoms with Crippen LogP contribution in [0.15, 0.2) is 28.7 Å². The van der Waals surface area contributed by atoms with Crippen LogP contribution in [0.2, 0.25) is 0 Å². The van der Waals surface area contributed by atoms with Crippen molar-refractivity contribution in [2.45, 2.75) is 33.4 Å². The van der Waals surface area contributed by atoms with Gasteiger partial charge in [-0.3, -0.25) is 4.68 Å². The molecule has 0 spiro atoms. The lowest BCUT2D eigenvalue weighted by Crippen LogP contribution is -2.16. The fraction of sp³-hybridized carbons (Fsp3) is 0.400. The molecule has 1 heterocycles. The van der Waals surface area contributed by atoms with Gasteiger partial charge in [0.25, 0.3) is 0 Å². The van der Waals surface area contributed by atoms with Gasteiger partial charge in [0, 0.05) is 20.1 Å². The Kier molecular flexibility index (Phi) is 4.77. The van der Waals surface area contributed by atoms with Gasteiger partial charge < -0.3 is 5.32 Å². The zero-order valence-corrected chi connectivity index (χ0v) is 13.3. The predicted molar refractivity (Wildman–Crippen MR) is 82.0 cm³/mol. The van der Waals surface area contributed by atoms with Crippen molar-refractivity contribution in [2.75, 3.05) is 0 Å². The second kappa shape index (κ2) is 6.35. The SMILES string of the molecule is CCc1ccccc1CNCc1c(Br)c(C)nn1C. The number of nitrogens with one attached hydrogen (secondary N) is 1. The average Bonchev–Trinajstić information content (AvgIpc) is 2.65. The molecule has 0 saturated carbocycles. The lowest BCUT2D eigenvalue weighted by molar-refractivity contribution is 0.621. The molecular formula is C15H20BrN3. The lowest BCUT2D eigenvalue weighted by atomic mass is 10.1. The van der Waals surface area contributed by atoms with Crippen LogP contribution in [0.4, 0.5) is 0 Å². The molecule has 1 aromatic heterocycles. The third-order valence-corrected chi connectivity index (χ3v) is 4.40. The van der Waals surface area contributed by atoms with Gasteiger partial charge >= 0.3 is 0 Å². The summed E-state index contributed by atoms with van der Waals surface area (Å²) in [6, 6.07) is 8.58. The molecule has 1 N–H and O–H groups in total. The zero-order valence-electron chi connectivity index (χ0n) is 11.7. The summed E-state index contributed by atoms with van der Waals surface area (Å²) in [5, 5.41) is 7.90. The summed E-state index contributed by atoms with van der Waals surface area (Å²) in [5.41, 5.74) is 5.01. The Morgan fingerprint density at radius 3 is 2.47 bits per heavy atom. The molecule has 2 rings (SSSR count). The topological polar surface area (TPSA) is 29.9 Å². The Bertz CT molecular complexity index is 561. The number of halogens is 1. The lowest BCUT2D eigenvalue weighted by Gasteiger charge is -2.09. The summed E-state index contributed by atoms with van der Waals surface area (Å²) in [5.74, 6) is 0. The van der Waals surface area contributed by atoms with Gasteiger partial charge in [-0.05, 0) is 40.4 Å². The summed E-state index contributed by atoms with van der Waals surface area (Å²) < 4.78 is 3.03. The van der Waals surface area contributed by atoms with Gasteiger partial charge in [0.2, 0.25) is 0 Å². The Hall–Kier alpha value is -1.13. The first kappa shape index (κ1) is 14.3. The van der Waals surface area contributed by atoms with E-state index in [4.69, 9.17) is 0 Å². The van der Waals surface area contributed by atoms with Gasteiger partial charge in [0.05, 0.1) is 15.9 Å². The molecule has 0 radical (unpaired) electrons. The summed E-state index contributed by atoms with van der Waals surface area (Å²) in [6.45, 7) is 5.91. The highest BCUT2D eigenvalue weighted by atomic mass is 79.9. The van der Waals surface area contributed by atoms with E-state index in [2.05, 4.69) is 57.5 Å². The van der Waals surface area contributed by atoms with Crippen LogP contribution >= 0.6 is 15.9 Å². The number of aryl methyl sites for hydroxylation is 3. The summed E-state index contributed by atoms with van der Waals surface area (Å²) >= 11 is 3.59. The van der Waals surface area contributed by atoms with E-state index in [1.165, 1.54) is 16.8 Å². The molecule has 102 valence electrons. The van der Waals surface area contributed by atoms with Crippen molar-refractivity contribution in [2.24, 2.45) is 7.05 Å². The van der Waals surface area contributed by atoms with Crippen LogP contribution in [-0.2, 0) is 26.6 Å². The van der Waals surface area contributed by atoms with E-state index in [0.29, 0.717) is 0 Å². The van der Waals surface area contributed by atoms with E-state index in [9.17, 15) is 0 Å².